The molecule has 0 saturated heterocycles. The van der Waals surface area contributed by atoms with Gasteiger partial charge < -0.3 is 0 Å². The fraction of sp³-hybridized carbons (Fsp3) is 0.333. The van der Waals surface area contributed by atoms with E-state index in [0.29, 0.717) is 0 Å². The van der Waals surface area contributed by atoms with Crippen LogP contribution in [0.5, 0.6) is 0 Å². The van der Waals surface area contributed by atoms with Crippen molar-refractivity contribution in [1.29, 1.82) is 0 Å². The van der Waals surface area contributed by atoms with Crippen molar-refractivity contribution in [3.05, 3.63) is 37.5 Å². The number of hydrogen-bond acceptors (Lipinski definition) is 0. The van der Waals surface area contributed by atoms with Gasteiger partial charge >= 0.3 is 0 Å². The molecular formula is C9H14. The molecule has 0 amide bonds. The summed E-state index contributed by atoms with van der Waals surface area (Å²) in [6.45, 7) is 6.72. The summed E-state index contributed by atoms with van der Waals surface area (Å²) in [7, 11) is 0. The van der Waals surface area contributed by atoms with Gasteiger partial charge in [0.2, 0.25) is 0 Å². The maximum atomic E-state index is 3.36. The second-order valence-corrected chi connectivity index (χ2v) is 1.87. The van der Waals surface area contributed by atoms with Gasteiger partial charge in [-0.05, 0) is 19.3 Å². The molecule has 0 bridgehead atoms. The van der Waals surface area contributed by atoms with Crippen LogP contribution in [0, 0.1) is 0 Å². The highest BCUT2D eigenvalue weighted by Gasteiger charge is 1.84. The minimum atomic E-state index is 1.32. The first-order valence-electron chi connectivity index (χ1n) is 3.30. The molecule has 0 heteroatoms. The Morgan fingerprint density at radius 2 is 1.44 bits per heavy atom. The lowest BCUT2D eigenvalue weighted by Crippen LogP contribution is -1.50. The van der Waals surface area contributed by atoms with E-state index in [0.717, 1.165) is 0 Å². The van der Waals surface area contributed by atoms with E-state index in [2.05, 4.69) is 25.3 Å². The highest BCUT2D eigenvalue weighted by atomic mass is 13.9. The predicted molar refractivity (Wildman–Crippen MR) is 43.4 cm³/mol. The van der Waals surface area contributed by atoms with Gasteiger partial charge in [-0.25, -0.2) is 0 Å². The van der Waals surface area contributed by atoms with Crippen molar-refractivity contribution in [2.45, 2.75) is 19.3 Å². The molecule has 0 aromatic rings. The van der Waals surface area contributed by atoms with E-state index in [-0.39, 0.29) is 0 Å². The number of rotatable bonds is 1. The molecule has 0 fully saturated rings. The maximum Gasteiger partial charge on any atom is -0.0348 e. The monoisotopic (exact) mass is 122 g/mol. The molecule has 0 aromatic heterocycles. The summed E-state index contributed by atoms with van der Waals surface area (Å²) in [5.41, 5.74) is 0. The fourth-order valence-corrected chi connectivity index (χ4v) is 0.589. The Hall–Kier alpha value is -0.780. The molecule has 1 rings (SSSR count). The van der Waals surface area contributed by atoms with Gasteiger partial charge in [0.25, 0.3) is 0 Å². The topological polar surface area (TPSA) is 0 Å². The molecule has 0 N–H and O–H groups in total. The zero-order valence-electron chi connectivity index (χ0n) is 5.84. The second-order valence-electron chi connectivity index (χ2n) is 1.87. The van der Waals surface area contributed by atoms with Crippen LogP contribution in [0.1, 0.15) is 19.3 Å². The van der Waals surface area contributed by atoms with E-state index in [9.17, 15) is 0 Å². The van der Waals surface area contributed by atoms with Gasteiger partial charge in [-0.3, -0.25) is 0 Å². The summed E-state index contributed by atoms with van der Waals surface area (Å²) in [4.78, 5) is 0. The van der Waals surface area contributed by atoms with Crippen molar-refractivity contribution in [2.24, 2.45) is 0 Å². The summed E-state index contributed by atoms with van der Waals surface area (Å²) >= 11 is 0. The van der Waals surface area contributed by atoms with Crippen LogP contribution in [0.15, 0.2) is 37.5 Å². The Morgan fingerprint density at radius 3 is 1.56 bits per heavy atom. The summed E-state index contributed by atoms with van der Waals surface area (Å²) in [5.74, 6) is 0. The molecule has 0 spiro atoms. The van der Waals surface area contributed by atoms with E-state index < -0.39 is 0 Å². The summed E-state index contributed by atoms with van der Waals surface area (Å²) in [6.07, 6.45) is 11.8. The van der Waals surface area contributed by atoms with E-state index in [4.69, 9.17) is 0 Å². The minimum Gasteiger partial charge on any atom is -0.0991 e. The molecule has 0 aliphatic heterocycles. The Bertz CT molecular complexity index is 86.6. The van der Waals surface area contributed by atoms with Gasteiger partial charge in [0.05, 0.1) is 0 Å². The average Bonchev–Trinajstić information content (AvgIpc) is 2.43. The van der Waals surface area contributed by atoms with Crippen LogP contribution in [0.25, 0.3) is 0 Å². The first-order chi connectivity index (χ1) is 4.41. The highest BCUT2D eigenvalue weighted by molar-refractivity contribution is 4.88. The van der Waals surface area contributed by atoms with E-state index in [1.165, 1.54) is 19.3 Å². The van der Waals surface area contributed by atoms with Crippen molar-refractivity contribution in [3.8, 4) is 0 Å². The predicted octanol–water partition coefficient (Wildman–Crippen LogP) is 3.08. The van der Waals surface area contributed by atoms with Crippen molar-refractivity contribution in [2.75, 3.05) is 0 Å². The Kier molecular flexibility index (Phi) is 6.59. The van der Waals surface area contributed by atoms with Crippen molar-refractivity contribution in [3.63, 3.8) is 0 Å². The first-order valence-corrected chi connectivity index (χ1v) is 3.30. The molecule has 0 heterocycles. The zero-order chi connectivity index (χ0) is 6.95. The quantitative estimate of drug-likeness (QED) is 0.370. The molecule has 9 heavy (non-hydrogen) atoms. The van der Waals surface area contributed by atoms with E-state index in [1.54, 1.807) is 12.2 Å². The summed E-state index contributed by atoms with van der Waals surface area (Å²) in [6, 6.07) is 0. The van der Waals surface area contributed by atoms with Crippen LogP contribution in [0.2, 0.25) is 0 Å². The molecule has 50 valence electrons. The van der Waals surface area contributed by atoms with Crippen LogP contribution in [-0.4, -0.2) is 0 Å². The minimum absolute atomic E-state index is 1.32. The largest absolute Gasteiger partial charge is 0.0991 e. The highest BCUT2D eigenvalue weighted by Crippen LogP contribution is 2.05. The molecular weight excluding hydrogens is 108 g/mol. The molecule has 0 nitrogen and oxygen atoms in total. The van der Waals surface area contributed by atoms with Crippen LogP contribution >= 0.6 is 0 Å². The normalized spacial score (nSPS) is 13.8. The summed E-state index contributed by atoms with van der Waals surface area (Å²) in [5, 5.41) is 0. The van der Waals surface area contributed by atoms with Gasteiger partial charge in [0, 0.05) is 0 Å². The molecule has 1 aliphatic rings. The van der Waals surface area contributed by atoms with Crippen molar-refractivity contribution < 1.29 is 0 Å². The zero-order valence-corrected chi connectivity index (χ0v) is 5.84. The smallest absolute Gasteiger partial charge is 0.0348 e. The first kappa shape index (κ1) is 8.22. The lowest BCUT2D eigenvalue weighted by Gasteiger charge is -1.69. The SMILES string of the molecule is C1=CCCC1.C=CC=C. The third-order valence-corrected chi connectivity index (χ3v) is 1.07. The third kappa shape index (κ3) is 7.22. The molecule has 0 radical (unpaired) electrons. The maximum absolute atomic E-state index is 3.36. The van der Waals surface area contributed by atoms with E-state index >= 15 is 0 Å². The Morgan fingerprint density at radius 1 is 1.00 bits per heavy atom. The van der Waals surface area contributed by atoms with Crippen LogP contribution in [0.3, 0.4) is 0 Å². The summed E-state index contributed by atoms with van der Waals surface area (Å²) < 4.78 is 0. The van der Waals surface area contributed by atoms with Crippen LogP contribution < -0.4 is 0 Å². The van der Waals surface area contributed by atoms with Gasteiger partial charge in [-0.2, -0.15) is 0 Å². The lowest BCUT2D eigenvalue weighted by atomic mass is 10.4. The van der Waals surface area contributed by atoms with Crippen molar-refractivity contribution >= 4 is 0 Å². The number of allylic oxidation sites excluding steroid dienone is 4. The van der Waals surface area contributed by atoms with Gasteiger partial charge in [0.1, 0.15) is 0 Å². The standard InChI is InChI=1S/C5H8.C4H6/c1-2-4-5-3-1;1-3-4-2/h1-2H,3-5H2;3-4H,1-2H2. The van der Waals surface area contributed by atoms with Gasteiger partial charge in [0.15, 0.2) is 0 Å². The molecule has 1 aliphatic carbocycles. The van der Waals surface area contributed by atoms with E-state index in [1.807, 2.05) is 0 Å². The number of hydrogen-bond donors (Lipinski definition) is 0. The lowest BCUT2D eigenvalue weighted by molar-refractivity contribution is 0.929. The molecule has 0 saturated carbocycles. The average molecular weight is 122 g/mol. The molecule has 0 unspecified atom stereocenters. The molecule has 0 atom stereocenters. The van der Waals surface area contributed by atoms with Crippen LogP contribution in [-0.2, 0) is 0 Å². The van der Waals surface area contributed by atoms with Gasteiger partial charge in [-0.1, -0.05) is 37.5 Å². The fourth-order valence-electron chi connectivity index (χ4n) is 0.589. The third-order valence-electron chi connectivity index (χ3n) is 1.07. The Balaban J connectivity index is 0.000000148. The second kappa shape index (κ2) is 7.22. The van der Waals surface area contributed by atoms with Crippen LogP contribution in [0.4, 0.5) is 0 Å². The van der Waals surface area contributed by atoms with Crippen molar-refractivity contribution in [1.82, 2.24) is 0 Å². The molecule has 0 aromatic carbocycles. The van der Waals surface area contributed by atoms with Gasteiger partial charge in [-0.15, -0.1) is 0 Å². The Labute approximate surface area is 57.6 Å².